The molecule has 0 atom stereocenters. The highest BCUT2D eigenvalue weighted by Gasteiger charge is 2.23. The van der Waals surface area contributed by atoms with Gasteiger partial charge in [-0.25, -0.2) is 0 Å². The molecule has 0 heterocycles. The smallest absolute Gasteiger partial charge is 0.0464 e. The molecule has 0 fully saturated rings. The van der Waals surface area contributed by atoms with Crippen LogP contribution in [0, 0.1) is 6.42 Å². The SMILES string of the molecule is CC1=C(Cc2ccccc2)c2cc3c(cc2[C]1)CCC3. The number of aryl methyl sites for hydroxylation is 2. The van der Waals surface area contributed by atoms with E-state index in [1.807, 2.05) is 0 Å². The van der Waals surface area contributed by atoms with Crippen LogP contribution in [0.25, 0.3) is 5.57 Å². The Morgan fingerprint density at radius 1 is 1.00 bits per heavy atom. The highest BCUT2D eigenvalue weighted by atomic mass is 14.3. The maximum absolute atomic E-state index is 3.58. The van der Waals surface area contributed by atoms with Crippen molar-refractivity contribution in [3.05, 3.63) is 82.3 Å². The first-order chi connectivity index (χ1) is 9.81. The van der Waals surface area contributed by atoms with Crippen LogP contribution in [0.1, 0.15) is 41.2 Å². The maximum Gasteiger partial charge on any atom is 0.0464 e. The zero-order valence-corrected chi connectivity index (χ0v) is 11.9. The quantitative estimate of drug-likeness (QED) is 0.736. The van der Waals surface area contributed by atoms with Crippen LogP contribution in [0.2, 0.25) is 0 Å². The summed E-state index contributed by atoms with van der Waals surface area (Å²) in [6.45, 7) is 2.20. The molecule has 0 saturated heterocycles. The van der Waals surface area contributed by atoms with Crippen LogP contribution in [0.15, 0.2) is 48.0 Å². The first-order valence-corrected chi connectivity index (χ1v) is 7.48. The van der Waals surface area contributed by atoms with Crippen LogP contribution in [0.3, 0.4) is 0 Å². The minimum absolute atomic E-state index is 1.02. The van der Waals surface area contributed by atoms with Crippen LogP contribution < -0.4 is 0 Å². The molecule has 0 heteroatoms. The summed E-state index contributed by atoms with van der Waals surface area (Å²) in [5.41, 5.74) is 10.0. The molecule has 0 spiro atoms. The van der Waals surface area contributed by atoms with Crippen LogP contribution in [0.4, 0.5) is 0 Å². The number of benzene rings is 2. The van der Waals surface area contributed by atoms with Gasteiger partial charge in [0.25, 0.3) is 0 Å². The van der Waals surface area contributed by atoms with Crippen LogP contribution >= 0.6 is 0 Å². The minimum Gasteiger partial charge on any atom is -0.0622 e. The average Bonchev–Trinajstić information content (AvgIpc) is 3.03. The van der Waals surface area contributed by atoms with Crippen molar-refractivity contribution in [2.24, 2.45) is 0 Å². The second-order valence-electron chi connectivity index (χ2n) is 5.91. The molecule has 2 aliphatic rings. The van der Waals surface area contributed by atoms with E-state index in [0.717, 1.165) is 6.42 Å². The maximum atomic E-state index is 3.58. The van der Waals surface area contributed by atoms with E-state index in [1.54, 1.807) is 11.1 Å². The zero-order valence-electron chi connectivity index (χ0n) is 11.9. The van der Waals surface area contributed by atoms with Crippen molar-refractivity contribution >= 4 is 5.57 Å². The third kappa shape index (κ3) is 1.91. The lowest BCUT2D eigenvalue weighted by atomic mass is 9.95. The van der Waals surface area contributed by atoms with E-state index in [-0.39, 0.29) is 0 Å². The average molecular weight is 258 g/mol. The van der Waals surface area contributed by atoms with E-state index >= 15 is 0 Å². The summed E-state index contributed by atoms with van der Waals surface area (Å²) < 4.78 is 0. The van der Waals surface area contributed by atoms with Crippen molar-refractivity contribution in [2.75, 3.05) is 0 Å². The zero-order chi connectivity index (χ0) is 13.5. The van der Waals surface area contributed by atoms with Crippen molar-refractivity contribution < 1.29 is 0 Å². The Hall–Kier alpha value is -1.82. The summed E-state index contributed by atoms with van der Waals surface area (Å²) >= 11 is 0. The molecule has 20 heavy (non-hydrogen) atoms. The lowest BCUT2D eigenvalue weighted by Crippen LogP contribution is -1.93. The highest BCUT2D eigenvalue weighted by Crippen LogP contribution is 2.39. The van der Waals surface area contributed by atoms with Crippen LogP contribution in [-0.4, -0.2) is 0 Å². The Bertz CT molecular complexity index is 689. The summed E-state index contributed by atoms with van der Waals surface area (Å²) in [4.78, 5) is 0. The summed E-state index contributed by atoms with van der Waals surface area (Å²) in [5, 5.41) is 0. The second kappa shape index (κ2) is 4.63. The normalized spacial score (nSPS) is 16.4. The lowest BCUT2D eigenvalue weighted by Gasteiger charge is -2.09. The molecule has 2 aromatic carbocycles. The van der Waals surface area contributed by atoms with Gasteiger partial charge in [-0.15, -0.1) is 0 Å². The largest absolute Gasteiger partial charge is 0.0622 e. The van der Waals surface area contributed by atoms with Gasteiger partial charge < -0.3 is 0 Å². The third-order valence-corrected chi connectivity index (χ3v) is 4.56. The van der Waals surface area contributed by atoms with Crippen molar-refractivity contribution in [2.45, 2.75) is 32.6 Å². The molecule has 0 aromatic heterocycles. The number of fused-ring (bicyclic) bond motifs is 2. The van der Waals surface area contributed by atoms with E-state index in [2.05, 4.69) is 55.8 Å². The van der Waals surface area contributed by atoms with Gasteiger partial charge >= 0.3 is 0 Å². The van der Waals surface area contributed by atoms with Gasteiger partial charge in [-0.2, -0.15) is 0 Å². The van der Waals surface area contributed by atoms with E-state index in [0.29, 0.717) is 0 Å². The van der Waals surface area contributed by atoms with Gasteiger partial charge in [-0.1, -0.05) is 48.0 Å². The summed E-state index contributed by atoms with van der Waals surface area (Å²) in [6, 6.07) is 15.6. The fourth-order valence-electron chi connectivity index (χ4n) is 3.48. The van der Waals surface area contributed by atoms with Crippen molar-refractivity contribution in [1.29, 1.82) is 0 Å². The number of allylic oxidation sites excluding steroid dienone is 2. The Morgan fingerprint density at radius 2 is 1.75 bits per heavy atom. The molecule has 2 aromatic rings. The fraction of sp³-hybridized carbons (Fsp3) is 0.250. The summed E-state index contributed by atoms with van der Waals surface area (Å²) in [7, 11) is 0. The second-order valence-corrected chi connectivity index (χ2v) is 5.91. The molecule has 2 aliphatic carbocycles. The summed E-state index contributed by atoms with van der Waals surface area (Å²) in [6.07, 6.45) is 8.41. The number of rotatable bonds is 2. The molecular weight excluding hydrogens is 240 g/mol. The van der Waals surface area contributed by atoms with Crippen molar-refractivity contribution in [1.82, 2.24) is 0 Å². The topological polar surface area (TPSA) is 0 Å². The molecule has 0 saturated carbocycles. The molecule has 2 radical (unpaired) electrons. The monoisotopic (exact) mass is 258 g/mol. The molecule has 0 aliphatic heterocycles. The fourth-order valence-corrected chi connectivity index (χ4v) is 3.48. The first kappa shape index (κ1) is 12.0. The highest BCUT2D eigenvalue weighted by molar-refractivity contribution is 5.82. The Kier molecular flexibility index (Phi) is 2.77. The number of hydrogen-bond acceptors (Lipinski definition) is 0. The molecule has 0 bridgehead atoms. The predicted octanol–water partition coefficient (Wildman–Crippen LogP) is 4.63. The van der Waals surface area contributed by atoms with E-state index in [4.69, 9.17) is 0 Å². The van der Waals surface area contributed by atoms with Gasteiger partial charge in [0, 0.05) is 6.42 Å². The third-order valence-electron chi connectivity index (χ3n) is 4.56. The summed E-state index contributed by atoms with van der Waals surface area (Å²) in [5.74, 6) is 0. The van der Waals surface area contributed by atoms with E-state index < -0.39 is 0 Å². The number of hydrogen-bond donors (Lipinski definition) is 0. The molecule has 4 rings (SSSR count). The molecule has 0 N–H and O–H groups in total. The minimum atomic E-state index is 1.02. The van der Waals surface area contributed by atoms with Crippen molar-refractivity contribution in [3.63, 3.8) is 0 Å². The Labute approximate surface area is 121 Å². The lowest BCUT2D eigenvalue weighted by molar-refractivity contribution is 0.911. The van der Waals surface area contributed by atoms with E-state index in [1.165, 1.54) is 47.1 Å². The van der Waals surface area contributed by atoms with Crippen molar-refractivity contribution in [3.8, 4) is 0 Å². The molecule has 0 amide bonds. The first-order valence-electron chi connectivity index (χ1n) is 7.48. The van der Waals surface area contributed by atoms with Gasteiger partial charge in [-0.05, 0) is 66.0 Å². The Morgan fingerprint density at radius 3 is 2.55 bits per heavy atom. The van der Waals surface area contributed by atoms with Crippen LogP contribution in [-0.2, 0) is 19.3 Å². The molecule has 98 valence electrons. The van der Waals surface area contributed by atoms with Gasteiger partial charge in [-0.3, -0.25) is 0 Å². The predicted molar refractivity (Wildman–Crippen MR) is 83.6 cm³/mol. The van der Waals surface area contributed by atoms with Gasteiger partial charge in [0.1, 0.15) is 0 Å². The van der Waals surface area contributed by atoms with Crippen LogP contribution in [0.5, 0.6) is 0 Å². The Balaban J connectivity index is 1.74. The standard InChI is InChI=1S/C20H18/c1-14-10-18-12-16-8-5-9-17(16)13-20(18)19(14)11-15-6-3-2-4-7-15/h2-4,6-7,12-13H,5,8-9,11H2,1H3. The molecule has 0 nitrogen and oxygen atoms in total. The van der Waals surface area contributed by atoms with Gasteiger partial charge in [0.15, 0.2) is 0 Å². The molecular formula is C20H18. The van der Waals surface area contributed by atoms with Gasteiger partial charge in [0.2, 0.25) is 0 Å². The van der Waals surface area contributed by atoms with E-state index in [9.17, 15) is 0 Å². The molecule has 0 unspecified atom stereocenters. The van der Waals surface area contributed by atoms with Gasteiger partial charge in [0.05, 0.1) is 0 Å².